The van der Waals surface area contributed by atoms with Gasteiger partial charge in [-0.3, -0.25) is 34.2 Å². The molecule has 16 N–H and O–H groups in total. The number of aliphatic hydroxyl groups excluding tert-OH is 1. The summed E-state index contributed by atoms with van der Waals surface area (Å²) in [6.07, 6.45) is 0.221. The number of carbonyl (C=O) groups is 7. The molecule has 0 spiro atoms. The molecule has 4 rings (SSSR count). The van der Waals surface area contributed by atoms with E-state index in [-0.39, 0.29) is 63.3 Å². The molecule has 6 amide bonds. The maximum absolute atomic E-state index is 14.2. The van der Waals surface area contributed by atoms with Crippen molar-refractivity contribution in [2.24, 2.45) is 17.2 Å². The van der Waals surface area contributed by atoms with Crippen molar-refractivity contribution in [2.45, 2.75) is 101 Å². The largest absolute Gasteiger partial charge is 0.508 e. The van der Waals surface area contributed by atoms with Crippen LogP contribution < -0.4 is 43.8 Å². The van der Waals surface area contributed by atoms with Crippen molar-refractivity contribution in [2.75, 3.05) is 13.1 Å². The summed E-state index contributed by atoms with van der Waals surface area (Å²) in [5, 5.41) is 50.5. The third kappa shape index (κ3) is 13.6. The van der Waals surface area contributed by atoms with Crippen LogP contribution in [-0.4, -0.2) is 128 Å². The van der Waals surface area contributed by atoms with Crippen LogP contribution >= 0.6 is 0 Å². The van der Waals surface area contributed by atoms with Gasteiger partial charge in [0.25, 0.3) is 0 Å². The number of primary amides is 1. The second kappa shape index (κ2) is 22.0. The van der Waals surface area contributed by atoms with Gasteiger partial charge < -0.3 is 69.0 Å². The average Bonchev–Trinajstić information content (AvgIpc) is 3.87. The highest BCUT2D eigenvalue weighted by Crippen LogP contribution is 2.22. The van der Waals surface area contributed by atoms with Crippen molar-refractivity contribution in [3.63, 3.8) is 0 Å². The van der Waals surface area contributed by atoms with E-state index in [0.29, 0.717) is 17.5 Å². The SMILES string of the molecule is C[C@@H](O)[C@H](NC(=O)[C@H](Cc1c[nH]c2ccccc12)NC(=O)[C@@H]1CCCN1C(=O)[C@@H](N)Cc1ccc(O)cc1)C(=O)N[C@@H](CCC(N)=O)C(=O)N[C@@H](CCCNC(=N)N)C(=O)O. The van der Waals surface area contributed by atoms with Gasteiger partial charge in [-0.1, -0.05) is 30.3 Å². The number of benzene rings is 2. The minimum atomic E-state index is -1.73. The molecule has 0 unspecified atom stereocenters. The molecule has 61 heavy (non-hydrogen) atoms. The first-order valence-corrected chi connectivity index (χ1v) is 19.8. The lowest BCUT2D eigenvalue weighted by Crippen LogP contribution is -2.61. The van der Waals surface area contributed by atoms with Gasteiger partial charge in [0.1, 0.15) is 36.0 Å². The fourth-order valence-corrected chi connectivity index (χ4v) is 7.02. The van der Waals surface area contributed by atoms with Crippen LogP contribution in [0.25, 0.3) is 10.9 Å². The molecular formula is C40H55N11O10. The summed E-state index contributed by atoms with van der Waals surface area (Å²) in [6.45, 7) is 1.58. The summed E-state index contributed by atoms with van der Waals surface area (Å²) in [5.74, 6) is -6.59. The molecule has 21 heteroatoms. The predicted octanol–water partition coefficient (Wildman–Crippen LogP) is -2.09. The summed E-state index contributed by atoms with van der Waals surface area (Å²) >= 11 is 0. The number of amides is 6. The van der Waals surface area contributed by atoms with E-state index in [0.717, 1.165) is 10.9 Å². The van der Waals surface area contributed by atoms with E-state index < -0.39 is 90.2 Å². The number of aliphatic hydroxyl groups is 1. The number of aromatic hydroxyl groups is 1. The molecule has 7 atom stereocenters. The Morgan fingerprint density at radius 3 is 2.21 bits per heavy atom. The highest BCUT2D eigenvalue weighted by atomic mass is 16.4. The molecule has 330 valence electrons. The van der Waals surface area contributed by atoms with Crippen molar-refractivity contribution in [1.82, 2.24) is 36.5 Å². The van der Waals surface area contributed by atoms with Gasteiger partial charge in [0, 0.05) is 43.0 Å². The smallest absolute Gasteiger partial charge is 0.326 e. The molecule has 3 aromatic rings. The monoisotopic (exact) mass is 849 g/mol. The number of carboxylic acid groups (broad SMARTS) is 1. The second-order valence-corrected chi connectivity index (χ2v) is 15.0. The Hall–Kier alpha value is -6.74. The number of rotatable bonds is 22. The number of phenols is 1. The van der Waals surface area contributed by atoms with Crippen LogP contribution in [0.2, 0.25) is 0 Å². The van der Waals surface area contributed by atoms with Crippen LogP contribution in [0, 0.1) is 5.41 Å². The number of likely N-dealkylation sites (tertiary alicyclic amines) is 1. The Kier molecular flexibility index (Phi) is 17.0. The van der Waals surface area contributed by atoms with E-state index in [9.17, 15) is 48.9 Å². The van der Waals surface area contributed by atoms with Gasteiger partial charge in [-0.15, -0.1) is 0 Å². The van der Waals surface area contributed by atoms with Gasteiger partial charge in [-0.2, -0.15) is 0 Å². The van der Waals surface area contributed by atoms with Crippen LogP contribution in [0.4, 0.5) is 0 Å². The Bertz CT molecular complexity index is 2060. The molecule has 0 bridgehead atoms. The minimum absolute atomic E-state index is 0.0536. The number of nitrogens with two attached hydrogens (primary N) is 3. The van der Waals surface area contributed by atoms with Gasteiger partial charge in [0.2, 0.25) is 35.4 Å². The minimum Gasteiger partial charge on any atom is -0.508 e. The lowest BCUT2D eigenvalue weighted by molar-refractivity contribution is -0.143. The standard InChI is InChI=1S/C40H55N11O10/c1-21(52)33(37(58)47-28(14-15-32(42)54)34(55)48-29(39(60)61)8-4-16-45-40(43)44)50-35(56)30(19-23-20-46-27-7-3-2-6-25(23)27)49-36(57)31-9-5-17-51(31)38(59)26(41)18-22-10-12-24(53)13-11-22/h2-3,6-7,10-13,20-21,26,28-31,33,46,52-53H,4-5,8-9,14-19,41H2,1H3,(H2,42,54)(H,47,58)(H,48,55)(H,49,57)(H,50,56)(H,60,61)(H4,43,44,45)/t21-,26+,28+,29+,30+,31+,33+/m1/s1. The highest BCUT2D eigenvalue weighted by molar-refractivity contribution is 5.97. The lowest BCUT2D eigenvalue weighted by atomic mass is 10.0. The zero-order chi connectivity index (χ0) is 44.8. The van der Waals surface area contributed by atoms with Crippen molar-refractivity contribution in [3.8, 4) is 5.75 Å². The number of fused-ring (bicyclic) bond motifs is 1. The third-order valence-corrected chi connectivity index (χ3v) is 10.3. The van der Waals surface area contributed by atoms with Gasteiger partial charge in [-0.05, 0) is 74.8 Å². The summed E-state index contributed by atoms with van der Waals surface area (Å²) < 4.78 is 0. The van der Waals surface area contributed by atoms with Gasteiger partial charge >= 0.3 is 5.97 Å². The Labute approximate surface area is 351 Å². The number of carboxylic acids is 1. The second-order valence-electron chi connectivity index (χ2n) is 15.0. The van der Waals surface area contributed by atoms with Gasteiger partial charge in [-0.25, -0.2) is 4.79 Å². The van der Waals surface area contributed by atoms with Crippen LogP contribution in [0.15, 0.2) is 54.7 Å². The number of hydrogen-bond acceptors (Lipinski definition) is 11. The molecule has 1 fully saturated rings. The van der Waals surface area contributed by atoms with Gasteiger partial charge in [0.05, 0.1) is 12.1 Å². The first kappa shape index (κ1) is 46.9. The lowest BCUT2D eigenvalue weighted by Gasteiger charge is -2.29. The molecule has 1 saturated heterocycles. The highest BCUT2D eigenvalue weighted by Gasteiger charge is 2.39. The van der Waals surface area contributed by atoms with E-state index in [2.05, 4.69) is 31.6 Å². The number of H-pyrrole nitrogens is 1. The van der Waals surface area contributed by atoms with Gasteiger partial charge in [0.15, 0.2) is 5.96 Å². The maximum Gasteiger partial charge on any atom is 0.326 e. The molecule has 0 radical (unpaired) electrons. The number of hydrogen-bond donors (Lipinski definition) is 13. The van der Waals surface area contributed by atoms with E-state index >= 15 is 0 Å². The summed E-state index contributed by atoms with van der Waals surface area (Å²) in [4.78, 5) is 97.0. The van der Waals surface area contributed by atoms with Crippen molar-refractivity contribution < 1.29 is 48.9 Å². The summed E-state index contributed by atoms with van der Waals surface area (Å²) in [7, 11) is 0. The predicted molar refractivity (Wildman–Crippen MR) is 221 cm³/mol. The number of aliphatic carboxylic acids is 1. The summed E-state index contributed by atoms with van der Waals surface area (Å²) in [6, 6.07) is 5.38. The van der Waals surface area contributed by atoms with Crippen LogP contribution in [0.5, 0.6) is 5.75 Å². The van der Waals surface area contributed by atoms with E-state index in [1.807, 2.05) is 18.2 Å². The molecule has 0 saturated carbocycles. The quantitative estimate of drug-likeness (QED) is 0.0293. The zero-order valence-electron chi connectivity index (χ0n) is 33.7. The number of guanidine groups is 1. The zero-order valence-corrected chi connectivity index (χ0v) is 33.7. The van der Waals surface area contributed by atoms with E-state index in [1.54, 1.807) is 24.4 Å². The number of aromatic amines is 1. The molecule has 2 heterocycles. The first-order valence-electron chi connectivity index (χ1n) is 19.8. The van der Waals surface area contributed by atoms with Crippen LogP contribution in [0.3, 0.4) is 0 Å². The Balaban J connectivity index is 1.53. The topological polar surface area (TPSA) is 361 Å². The number of aromatic nitrogens is 1. The fourth-order valence-electron chi connectivity index (χ4n) is 7.02. The third-order valence-electron chi connectivity index (χ3n) is 10.3. The molecule has 2 aromatic carbocycles. The molecule has 1 aliphatic rings. The average molecular weight is 850 g/mol. The normalized spacial score (nSPS) is 16.6. The van der Waals surface area contributed by atoms with E-state index in [1.165, 1.54) is 24.0 Å². The maximum atomic E-state index is 14.2. The Morgan fingerprint density at radius 1 is 0.885 bits per heavy atom. The number of phenolic OH excluding ortho intramolecular Hbond substituents is 1. The summed E-state index contributed by atoms with van der Waals surface area (Å²) in [5.41, 5.74) is 18.9. The van der Waals surface area contributed by atoms with Crippen molar-refractivity contribution >= 4 is 58.3 Å². The molecule has 0 aliphatic carbocycles. The molecule has 1 aromatic heterocycles. The van der Waals surface area contributed by atoms with E-state index in [4.69, 9.17) is 22.6 Å². The van der Waals surface area contributed by atoms with Crippen molar-refractivity contribution in [3.05, 3.63) is 65.9 Å². The Morgan fingerprint density at radius 2 is 1.56 bits per heavy atom. The van der Waals surface area contributed by atoms with Crippen LogP contribution in [-0.2, 0) is 46.4 Å². The molecular weight excluding hydrogens is 795 g/mol. The molecule has 1 aliphatic heterocycles. The number of nitrogens with zero attached hydrogens (tertiary/aromatic N) is 1. The van der Waals surface area contributed by atoms with Crippen LogP contribution in [0.1, 0.15) is 56.6 Å². The van der Waals surface area contributed by atoms with Crippen molar-refractivity contribution in [1.29, 1.82) is 5.41 Å². The number of para-hydroxylation sites is 1. The first-order chi connectivity index (χ1) is 28.9. The molecule has 21 nitrogen and oxygen atoms in total. The number of carbonyl (C=O) groups excluding carboxylic acids is 6. The fraction of sp³-hybridized carbons (Fsp3) is 0.450. The number of nitrogens with one attached hydrogen (secondary N) is 7.